The molecule has 1 N–H and O–H groups in total. The van der Waals surface area contributed by atoms with Crippen LogP contribution in [0.15, 0.2) is 24.3 Å². The predicted molar refractivity (Wildman–Crippen MR) is 160 cm³/mol. The molecule has 2 unspecified atom stereocenters. The summed E-state index contributed by atoms with van der Waals surface area (Å²) in [5.74, 6) is 2.71. The van der Waals surface area contributed by atoms with Crippen LogP contribution in [0.4, 0.5) is 0 Å². The molecule has 5 atom stereocenters. The molecule has 220 valence electrons. The fourth-order valence-corrected chi connectivity index (χ4v) is 11.3. The lowest BCUT2D eigenvalue weighted by Crippen LogP contribution is -2.64. The summed E-state index contributed by atoms with van der Waals surface area (Å²) in [6.45, 7) is 9.67. The van der Waals surface area contributed by atoms with Crippen LogP contribution in [0.3, 0.4) is 0 Å². The van der Waals surface area contributed by atoms with Crippen LogP contribution >= 0.6 is 0 Å². The average Bonchev–Trinajstić information content (AvgIpc) is 3.12. The Morgan fingerprint density at radius 1 is 1.05 bits per heavy atom. The van der Waals surface area contributed by atoms with Crippen molar-refractivity contribution in [1.29, 1.82) is 0 Å². The van der Waals surface area contributed by atoms with Crippen LogP contribution in [0.5, 0.6) is 11.5 Å². The third-order valence-electron chi connectivity index (χ3n) is 12.2. The molecule has 2 aliphatic heterocycles. The van der Waals surface area contributed by atoms with Gasteiger partial charge in [-0.2, -0.15) is 0 Å². The van der Waals surface area contributed by atoms with Gasteiger partial charge in [0.1, 0.15) is 6.10 Å². The van der Waals surface area contributed by atoms with Crippen LogP contribution in [0.25, 0.3) is 0 Å². The fourth-order valence-electron chi connectivity index (χ4n) is 11.3. The van der Waals surface area contributed by atoms with E-state index < -0.39 is 6.10 Å². The first-order chi connectivity index (χ1) is 19.1. The monoisotopic (exact) mass is 548 g/mol. The van der Waals surface area contributed by atoms with Crippen molar-refractivity contribution in [3.63, 3.8) is 0 Å². The molecular formula is C35H52N2O3. The molecule has 0 saturated heterocycles. The van der Waals surface area contributed by atoms with Gasteiger partial charge >= 0.3 is 0 Å². The third-order valence-corrected chi connectivity index (χ3v) is 12.2. The van der Waals surface area contributed by atoms with E-state index in [4.69, 9.17) is 9.47 Å². The summed E-state index contributed by atoms with van der Waals surface area (Å²) in [5.41, 5.74) is 4.23. The minimum atomic E-state index is -0.424. The van der Waals surface area contributed by atoms with Gasteiger partial charge in [-0.15, -0.1) is 0 Å². The molecule has 1 aromatic carbocycles. The molecule has 0 aromatic heterocycles. The van der Waals surface area contributed by atoms with Gasteiger partial charge in [0.05, 0.1) is 18.6 Å². The molecule has 8 rings (SSSR count). The number of aliphatic hydroxyl groups is 1. The second-order valence-electron chi connectivity index (χ2n) is 15.7. The maximum Gasteiger partial charge on any atom is 0.166 e. The lowest BCUT2D eigenvalue weighted by molar-refractivity contribution is -0.156. The van der Waals surface area contributed by atoms with Crippen molar-refractivity contribution in [1.82, 2.24) is 9.80 Å². The number of benzene rings is 1. The van der Waals surface area contributed by atoms with Gasteiger partial charge in [-0.1, -0.05) is 44.9 Å². The first-order valence-electron chi connectivity index (χ1n) is 16.3. The quantitative estimate of drug-likeness (QED) is 0.283. The fraction of sp³-hybridized carbons (Fsp3) is 0.771. The van der Waals surface area contributed by atoms with Crippen LogP contribution < -0.4 is 9.47 Å². The number of aliphatic hydroxyl groups excluding tert-OH is 1. The van der Waals surface area contributed by atoms with Gasteiger partial charge in [-0.05, 0) is 113 Å². The molecule has 2 heterocycles. The van der Waals surface area contributed by atoms with Gasteiger partial charge in [-0.3, -0.25) is 4.90 Å². The van der Waals surface area contributed by atoms with Gasteiger partial charge in [0.25, 0.3) is 0 Å². The molecular weight excluding hydrogens is 496 g/mol. The molecule has 0 radical (unpaired) electrons. The van der Waals surface area contributed by atoms with Crippen molar-refractivity contribution in [3.8, 4) is 11.5 Å². The summed E-state index contributed by atoms with van der Waals surface area (Å²) in [5, 5.41) is 10.3. The number of hydrogen-bond donors (Lipinski definition) is 1. The Bertz CT molecular complexity index is 1150. The number of rotatable bonds is 9. The minimum Gasteiger partial charge on any atom is -0.493 e. The summed E-state index contributed by atoms with van der Waals surface area (Å²) in [6.07, 6.45) is 19.6. The minimum absolute atomic E-state index is 0.00589. The molecule has 4 bridgehead atoms. The van der Waals surface area contributed by atoms with Gasteiger partial charge < -0.3 is 19.5 Å². The Kier molecular flexibility index (Phi) is 6.64. The summed E-state index contributed by atoms with van der Waals surface area (Å²) in [4.78, 5) is 5.48. The topological polar surface area (TPSA) is 45.2 Å². The molecule has 4 saturated carbocycles. The normalized spacial score (nSPS) is 41.1. The Morgan fingerprint density at radius 2 is 1.82 bits per heavy atom. The molecule has 4 fully saturated rings. The van der Waals surface area contributed by atoms with E-state index in [9.17, 15) is 5.11 Å². The number of unbranched alkanes of at least 4 members (excludes halogenated alkanes) is 3. The van der Waals surface area contributed by atoms with E-state index in [1.807, 2.05) is 6.08 Å². The second kappa shape index (κ2) is 9.74. The van der Waals surface area contributed by atoms with Crippen molar-refractivity contribution in [2.45, 2.75) is 121 Å². The van der Waals surface area contributed by atoms with E-state index in [0.717, 1.165) is 43.5 Å². The highest BCUT2D eigenvalue weighted by Crippen LogP contribution is 2.67. The van der Waals surface area contributed by atoms with E-state index in [1.165, 1.54) is 81.9 Å². The molecule has 0 amide bonds. The predicted octanol–water partition coefficient (Wildman–Crippen LogP) is 6.46. The van der Waals surface area contributed by atoms with Crippen molar-refractivity contribution < 1.29 is 14.6 Å². The third kappa shape index (κ3) is 4.45. The summed E-state index contributed by atoms with van der Waals surface area (Å²) < 4.78 is 12.2. The lowest BCUT2D eigenvalue weighted by atomic mass is 9.42. The van der Waals surface area contributed by atoms with Gasteiger partial charge in [0.2, 0.25) is 0 Å². The molecule has 5 heteroatoms. The van der Waals surface area contributed by atoms with Crippen LogP contribution in [-0.2, 0) is 12.0 Å². The molecule has 40 heavy (non-hydrogen) atoms. The van der Waals surface area contributed by atoms with Crippen LogP contribution in [-0.4, -0.2) is 66.4 Å². The second-order valence-corrected chi connectivity index (χ2v) is 15.7. The molecule has 5 nitrogen and oxygen atoms in total. The highest BCUT2D eigenvalue weighted by Gasteiger charge is 2.61. The molecule has 1 spiro atoms. The zero-order valence-electron chi connectivity index (χ0n) is 25.5. The van der Waals surface area contributed by atoms with Gasteiger partial charge in [0, 0.05) is 24.1 Å². The van der Waals surface area contributed by atoms with Crippen LogP contribution in [0.1, 0.15) is 102 Å². The van der Waals surface area contributed by atoms with Crippen molar-refractivity contribution >= 4 is 0 Å². The Hall–Kier alpha value is -1.56. The molecule has 5 aliphatic carbocycles. The van der Waals surface area contributed by atoms with Crippen LogP contribution in [0.2, 0.25) is 0 Å². The first-order valence-corrected chi connectivity index (χ1v) is 16.3. The lowest BCUT2D eigenvalue weighted by Gasteiger charge is -2.67. The zero-order valence-corrected chi connectivity index (χ0v) is 25.5. The van der Waals surface area contributed by atoms with Crippen molar-refractivity contribution in [3.05, 3.63) is 35.4 Å². The number of ether oxygens (including phenoxy) is 2. The Morgan fingerprint density at radius 3 is 2.58 bits per heavy atom. The highest BCUT2D eigenvalue weighted by atomic mass is 16.5. The number of nitrogens with zero attached hydrogens (tertiary/aromatic N) is 2. The van der Waals surface area contributed by atoms with E-state index in [0.29, 0.717) is 22.8 Å². The van der Waals surface area contributed by atoms with Crippen molar-refractivity contribution in [2.24, 2.45) is 16.7 Å². The maximum atomic E-state index is 10.3. The number of hydrogen-bond acceptors (Lipinski definition) is 5. The first kappa shape index (κ1) is 27.3. The van der Waals surface area contributed by atoms with E-state index in [1.54, 1.807) is 7.11 Å². The number of methoxy groups -OCH3 is 1. The zero-order chi connectivity index (χ0) is 27.8. The van der Waals surface area contributed by atoms with Gasteiger partial charge in [0.15, 0.2) is 11.5 Å². The summed E-state index contributed by atoms with van der Waals surface area (Å²) >= 11 is 0. The van der Waals surface area contributed by atoms with E-state index >= 15 is 0 Å². The van der Waals surface area contributed by atoms with E-state index in [-0.39, 0.29) is 11.5 Å². The maximum absolute atomic E-state index is 10.3. The smallest absolute Gasteiger partial charge is 0.166 e. The molecule has 1 aromatic rings. The average molecular weight is 549 g/mol. The Balaban J connectivity index is 0.931. The van der Waals surface area contributed by atoms with Gasteiger partial charge in [-0.25, -0.2) is 0 Å². The van der Waals surface area contributed by atoms with Crippen LogP contribution in [0, 0.1) is 16.7 Å². The van der Waals surface area contributed by atoms with Crippen molar-refractivity contribution in [2.75, 3.05) is 33.8 Å². The SMILES string of the molecule is COc1ccc2c3c1O[C@H]1C[C@@H](O)C=C[C@@]31CCN(CCCCCCN(C)C13CC4CC(C)(CC(C)(C4)C1)C3)C2. The standard InChI is InChI=1S/C35H52N2O3/c1-32-18-25-19-33(2,22-32)24-34(20-25,23-32)36(3)14-7-5-6-8-15-37-16-13-35-12-11-27(38)17-29(35)40-31-28(39-4)10-9-26(21-37)30(31)35/h9-12,25,27,29,38H,5-8,13-24H2,1-4H3/t25?,27-,29-,32?,33?,34?,35-/m0/s1. The highest BCUT2D eigenvalue weighted by molar-refractivity contribution is 5.61. The summed E-state index contributed by atoms with van der Waals surface area (Å²) in [6, 6.07) is 4.33. The molecule has 7 aliphatic rings. The largest absolute Gasteiger partial charge is 0.493 e. The summed E-state index contributed by atoms with van der Waals surface area (Å²) in [7, 11) is 4.18. The van der Waals surface area contributed by atoms with E-state index in [2.05, 4.69) is 48.9 Å². The Labute approximate surface area is 242 Å².